The fourth-order valence-electron chi connectivity index (χ4n) is 1.01. The monoisotopic (exact) mass is 208 g/mol. The molecule has 0 fully saturated rings. The molecule has 2 aromatic rings. The molecule has 5 nitrogen and oxygen atoms in total. The summed E-state index contributed by atoms with van der Waals surface area (Å²) < 4.78 is 3.61. The van der Waals surface area contributed by atoms with Gasteiger partial charge in [0, 0.05) is 18.9 Å². The summed E-state index contributed by atoms with van der Waals surface area (Å²) in [6, 6.07) is 1.91. The second kappa shape index (κ2) is 4.01. The summed E-state index contributed by atoms with van der Waals surface area (Å²) >= 11 is 1.09. The number of nitrogens with one attached hydrogen (secondary N) is 2. The van der Waals surface area contributed by atoms with Crippen LogP contribution in [0.4, 0.5) is 0 Å². The van der Waals surface area contributed by atoms with E-state index in [1.54, 1.807) is 0 Å². The Balaban J connectivity index is 1.90. The van der Waals surface area contributed by atoms with Gasteiger partial charge in [-0.1, -0.05) is 4.49 Å². The largest absolute Gasteiger partial charge is 0.367 e. The molecule has 72 valence electrons. The second-order valence-corrected chi connectivity index (χ2v) is 3.47. The van der Waals surface area contributed by atoms with E-state index in [0.717, 1.165) is 17.1 Å². The minimum atomic E-state index is -0.138. The Morgan fingerprint density at radius 1 is 1.64 bits per heavy atom. The molecule has 0 atom stereocenters. The number of hydrogen-bond acceptors (Lipinski definition) is 4. The van der Waals surface area contributed by atoms with Gasteiger partial charge in [-0.2, -0.15) is 0 Å². The molecule has 0 bridgehead atoms. The summed E-state index contributed by atoms with van der Waals surface area (Å²) in [6.45, 7) is 0.514. The van der Waals surface area contributed by atoms with Crippen molar-refractivity contribution in [3.05, 3.63) is 35.1 Å². The fraction of sp³-hybridized carbons (Fsp3) is 0.125. The number of aromatic nitrogens is 3. The molecule has 0 unspecified atom stereocenters. The number of carbonyl (C=O) groups is 1. The van der Waals surface area contributed by atoms with Crippen LogP contribution < -0.4 is 5.32 Å². The van der Waals surface area contributed by atoms with Gasteiger partial charge in [0.05, 0.1) is 6.20 Å². The number of carbonyl (C=O) groups excluding carboxylic acids is 1. The minimum Gasteiger partial charge on any atom is -0.367 e. The Morgan fingerprint density at radius 2 is 2.57 bits per heavy atom. The number of rotatable bonds is 3. The van der Waals surface area contributed by atoms with Gasteiger partial charge in [-0.05, 0) is 23.2 Å². The molecule has 2 rings (SSSR count). The lowest BCUT2D eigenvalue weighted by Crippen LogP contribution is -2.21. The standard InChI is InChI=1S/C8H8N4OS/c13-8(7-5-11-12-14-7)10-4-6-1-2-9-3-6/h1-3,5,9H,4H2,(H,10,13). The van der Waals surface area contributed by atoms with Crippen molar-refractivity contribution in [3.63, 3.8) is 0 Å². The van der Waals surface area contributed by atoms with Crippen LogP contribution in [0.15, 0.2) is 24.7 Å². The van der Waals surface area contributed by atoms with Gasteiger partial charge in [0.1, 0.15) is 4.88 Å². The van der Waals surface area contributed by atoms with Crippen LogP contribution in [-0.4, -0.2) is 20.5 Å². The van der Waals surface area contributed by atoms with E-state index in [0.29, 0.717) is 11.4 Å². The summed E-state index contributed by atoms with van der Waals surface area (Å²) in [5, 5.41) is 6.35. The van der Waals surface area contributed by atoms with Crippen molar-refractivity contribution in [2.45, 2.75) is 6.54 Å². The van der Waals surface area contributed by atoms with Crippen LogP contribution in [0.25, 0.3) is 0 Å². The maximum Gasteiger partial charge on any atom is 0.264 e. The quantitative estimate of drug-likeness (QED) is 0.783. The fourth-order valence-corrected chi connectivity index (χ4v) is 1.44. The van der Waals surface area contributed by atoms with Crippen LogP contribution in [0, 0.1) is 0 Å². The third kappa shape index (κ3) is 1.97. The van der Waals surface area contributed by atoms with E-state index < -0.39 is 0 Å². The van der Waals surface area contributed by atoms with Crippen molar-refractivity contribution >= 4 is 17.4 Å². The molecule has 0 radical (unpaired) electrons. The maximum atomic E-state index is 11.4. The number of H-pyrrole nitrogens is 1. The number of hydrogen-bond donors (Lipinski definition) is 2. The predicted octanol–water partition coefficient (Wildman–Crippen LogP) is 0.796. The molecule has 6 heteroatoms. The molecule has 2 heterocycles. The smallest absolute Gasteiger partial charge is 0.264 e. The van der Waals surface area contributed by atoms with Gasteiger partial charge in [-0.3, -0.25) is 4.79 Å². The number of aromatic amines is 1. The lowest BCUT2D eigenvalue weighted by Gasteiger charge is -1.99. The molecule has 14 heavy (non-hydrogen) atoms. The average molecular weight is 208 g/mol. The zero-order valence-electron chi connectivity index (χ0n) is 7.23. The Labute approximate surface area is 84.3 Å². The highest BCUT2D eigenvalue weighted by molar-refractivity contribution is 7.07. The van der Waals surface area contributed by atoms with Crippen LogP contribution in [0.5, 0.6) is 0 Å². The topological polar surface area (TPSA) is 70.7 Å². The predicted molar refractivity (Wildman–Crippen MR) is 51.9 cm³/mol. The first-order chi connectivity index (χ1) is 6.86. The van der Waals surface area contributed by atoms with Crippen molar-refractivity contribution in [2.75, 3.05) is 0 Å². The molecular formula is C8H8N4OS. The molecule has 0 saturated carbocycles. The lowest BCUT2D eigenvalue weighted by atomic mass is 10.3. The second-order valence-electron chi connectivity index (χ2n) is 2.68. The van der Waals surface area contributed by atoms with Crippen molar-refractivity contribution in [2.24, 2.45) is 0 Å². The summed E-state index contributed by atoms with van der Waals surface area (Å²) in [7, 11) is 0. The van der Waals surface area contributed by atoms with Gasteiger partial charge < -0.3 is 10.3 Å². The van der Waals surface area contributed by atoms with Crippen molar-refractivity contribution in [1.82, 2.24) is 19.9 Å². The van der Waals surface area contributed by atoms with Gasteiger partial charge in [0.2, 0.25) is 0 Å². The van der Waals surface area contributed by atoms with Gasteiger partial charge in [-0.15, -0.1) is 5.10 Å². The van der Waals surface area contributed by atoms with Crippen molar-refractivity contribution in [3.8, 4) is 0 Å². The van der Waals surface area contributed by atoms with Crippen LogP contribution in [0.2, 0.25) is 0 Å². The maximum absolute atomic E-state index is 11.4. The van der Waals surface area contributed by atoms with Crippen molar-refractivity contribution < 1.29 is 4.79 Å². The molecule has 0 aromatic carbocycles. The molecule has 0 saturated heterocycles. The van der Waals surface area contributed by atoms with E-state index in [1.165, 1.54) is 6.20 Å². The Hall–Kier alpha value is -1.69. The van der Waals surface area contributed by atoms with Crippen LogP contribution >= 0.6 is 11.5 Å². The highest BCUT2D eigenvalue weighted by atomic mass is 32.1. The third-order valence-electron chi connectivity index (χ3n) is 1.70. The number of nitrogens with zero attached hydrogens (tertiary/aromatic N) is 2. The van der Waals surface area contributed by atoms with E-state index in [-0.39, 0.29) is 5.91 Å². The number of amides is 1. The van der Waals surface area contributed by atoms with Gasteiger partial charge in [0.25, 0.3) is 5.91 Å². The van der Waals surface area contributed by atoms with Crippen LogP contribution in [0.1, 0.15) is 15.2 Å². The molecule has 1 amide bonds. The Kier molecular flexibility index (Phi) is 2.55. The zero-order chi connectivity index (χ0) is 9.80. The first kappa shape index (κ1) is 8.89. The normalized spacial score (nSPS) is 10.0. The molecule has 0 aliphatic rings. The van der Waals surface area contributed by atoms with Crippen LogP contribution in [0.3, 0.4) is 0 Å². The summed E-state index contributed by atoms with van der Waals surface area (Å²) in [6.07, 6.45) is 5.11. The highest BCUT2D eigenvalue weighted by Crippen LogP contribution is 2.02. The molecule has 2 N–H and O–H groups in total. The first-order valence-electron chi connectivity index (χ1n) is 4.03. The summed E-state index contributed by atoms with van der Waals surface area (Å²) in [5.41, 5.74) is 1.04. The average Bonchev–Trinajstić information content (AvgIpc) is 2.87. The van der Waals surface area contributed by atoms with Gasteiger partial charge in [-0.25, -0.2) is 0 Å². The van der Waals surface area contributed by atoms with Crippen LogP contribution in [-0.2, 0) is 6.54 Å². The van der Waals surface area contributed by atoms with Gasteiger partial charge in [0.15, 0.2) is 0 Å². The minimum absolute atomic E-state index is 0.138. The molecule has 0 aliphatic carbocycles. The molecule has 0 aliphatic heterocycles. The van der Waals surface area contributed by atoms with E-state index in [1.807, 2.05) is 18.5 Å². The SMILES string of the molecule is O=C(NCc1cc[nH]c1)c1cnns1. The molecular weight excluding hydrogens is 200 g/mol. The highest BCUT2D eigenvalue weighted by Gasteiger charge is 2.07. The lowest BCUT2D eigenvalue weighted by molar-refractivity contribution is 0.0955. The summed E-state index contributed by atoms with van der Waals surface area (Å²) in [5.74, 6) is -0.138. The van der Waals surface area contributed by atoms with E-state index in [9.17, 15) is 4.79 Å². The van der Waals surface area contributed by atoms with Gasteiger partial charge >= 0.3 is 0 Å². The first-order valence-corrected chi connectivity index (χ1v) is 4.81. The van der Waals surface area contributed by atoms with E-state index in [4.69, 9.17) is 0 Å². The Morgan fingerprint density at radius 3 is 3.21 bits per heavy atom. The summed E-state index contributed by atoms with van der Waals surface area (Å²) in [4.78, 5) is 14.9. The Bertz CT molecular complexity index is 395. The van der Waals surface area contributed by atoms with Crippen molar-refractivity contribution in [1.29, 1.82) is 0 Å². The third-order valence-corrected chi connectivity index (χ3v) is 2.36. The zero-order valence-corrected chi connectivity index (χ0v) is 8.04. The van der Waals surface area contributed by atoms with E-state index >= 15 is 0 Å². The molecule has 0 spiro atoms. The molecule has 2 aromatic heterocycles. The van der Waals surface area contributed by atoms with E-state index in [2.05, 4.69) is 19.9 Å².